The summed E-state index contributed by atoms with van der Waals surface area (Å²) in [5, 5.41) is 14.2. The zero-order valence-electron chi connectivity index (χ0n) is 11.6. The Bertz CT molecular complexity index is 476. The molecule has 4 nitrogen and oxygen atoms in total. The molecule has 19 heavy (non-hydrogen) atoms. The lowest BCUT2D eigenvalue weighted by Gasteiger charge is -2.24. The van der Waals surface area contributed by atoms with Crippen LogP contribution in [0.25, 0.3) is 0 Å². The zero-order valence-corrected chi connectivity index (χ0v) is 13.2. The molecule has 0 spiro atoms. The molecule has 1 aliphatic rings. The van der Waals surface area contributed by atoms with Gasteiger partial charge in [-0.25, -0.2) is 0 Å². The lowest BCUT2D eigenvalue weighted by atomic mass is 9.81. The molecule has 1 fully saturated rings. The van der Waals surface area contributed by atoms with Gasteiger partial charge < -0.3 is 5.11 Å². The molecule has 2 rings (SSSR count). The minimum absolute atomic E-state index is 0.583. The van der Waals surface area contributed by atoms with Crippen LogP contribution in [0, 0.1) is 5.41 Å². The van der Waals surface area contributed by atoms with Crippen molar-refractivity contribution in [3.8, 4) is 0 Å². The van der Waals surface area contributed by atoms with Gasteiger partial charge in [-0.1, -0.05) is 19.8 Å². The Morgan fingerprint density at radius 3 is 2.53 bits per heavy atom. The third-order valence-corrected chi connectivity index (χ3v) is 5.13. The number of aliphatic carboxylic acids is 1. The minimum atomic E-state index is -0.654. The fourth-order valence-corrected chi connectivity index (χ4v) is 3.73. The van der Waals surface area contributed by atoms with Crippen molar-refractivity contribution in [1.29, 1.82) is 0 Å². The maximum Gasteiger partial charge on any atom is 0.310 e. The van der Waals surface area contributed by atoms with Gasteiger partial charge in [0.25, 0.3) is 0 Å². The first-order valence-corrected chi connectivity index (χ1v) is 7.81. The second kappa shape index (κ2) is 5.65. The third-order valence-electron chi connectivity index (χ3n) is 4.21. The van der Waals surface area contributed by atoms with E-state index >= 15 is 0 Å². The largest absolute Gasteiger partial charge is 0.481 e. The summed E-state index contributed by atoms with van der Waals surface area (Å²) in [4.78, 5) is 11.7. The molecule has 0 aromatic carbocycles. The Balaban J connectivity index is 2.36. The zero-order chi connectivity index (χ0) is 14.0. The number of aryl methyl sites for hydroxylation is 2. The van der Waals surface area contributed by atoms with E-state index in [1.165, 1.54) is 0 Å². The number of halogens is 1. The maximum absolute atomic E-state index is 11.7. The molecule has 0 atom stereocenters. The summed E-state index contributed by atoms with van der Waals surface area (Å²) in [6.45, 7) is 4.90. The molecule has 106 valence electrons. The van der Waals surface area contributed by atoms with E-state index in [0.717, 1.165) is 54.5 Å². The lowest BCUT2D eigenvalue weighted by molar-refractivity contribution is -0.148. The number of hydrogen-bond donors (Lipinski definition) is 1. The average molecular weight is 329 g/mol. The van der Waals surface area contributed by atoms with Crippen LogP contribution < -0.4 is 0 Å². The van der Waals surface area contributed by atoms with E-state index in [1.807, 2.05) is 11.6 Å². The highest BCUT2D eigenvalue weighted by molar-refractivity contribution is 9.10. The Hall–Kier alpha value is -0.840. The fourth-order valence-electron chi connectivity index (χ4n) is 3.02. The summed E-state index contributed by atoms with van der Waals surface area (Å²) >= 11 is 3.61. The average Bonchev–Trinajstić information content (AvgIpc) is 2.97. The predicted molar refractivity (Wildman–Crippen MR) is 77.2 cm³/mol. The van der Waals surface area contributed by atoms with Gasteiger partial charge in [-0.2, -0.15) is 5.10 Å². The van der Waals surface area contributed by atoms with E-state index in [0.29, 0.717) is 6.42 Å². The van der Waals surface area contributed by atoms with Gasteiger partial charge >= 0.3 is 5.97 Å². The molecule has 1 aliphatic carbocycles. The Morgan fingerprint density at radius 2 is 2.05 bits per heavy atom. The number of nitrogens with zero attached hydrogens (tertiary/aromatic N) is 2. The second-order valence-electron chi connectivity index (χ2n) is 5.35. The molecule has 5 heteroatoms. The maximum atomic E-state index is 11.7. The summed E-state index contributed by atoms with van der Waals surface area (Å²) in [5.74, 6) is -0.654. The predicted octanol–water partition coefficient (Wildman–Crippen LogP) is 3.42. The summed E-state index contributed by atoms with van der Waals surface area (Å²) in [6, 6.07) is 0. The highest BCUT2D eigenvalue weighted by Gasteiger charge is 2.42. The molecule has 0 amide bonds. The van der Waals surface area contributed by atoms with Crippen molar-refractivity contribution in [2.45, 2.75) is 58.9 Å². The Kier molecular flexibility index (Phi) is 4.33. The quantitative estimate of drug-likeness (QED) is 0.901. The van der Waals surface area contributed by atoms with E-state index in [4.69, 9.17) is 0 Å². The number of carboxylic acid groups (broad SMARTS) is 1. The first-order valence-electron chi connectivity index (χ1n) is 7.01. The van der Waals surface area contributed by atoms with Gasteiger partial charge in [0.15, 0.2) is 0 Å². The molecule has 1 saturated carbocycles. The molecule has 0 saturated heterocycles. The number of carbonyl (C=O) groups is 1. The van der Waals surface area contributed by atoms with E-state index in [1.54, 1.807) is 0 Å². The van der Waals surface area contributed by atoms with E-state index < -0.39 is 11.4 Å². The van der Waals surface area contributed by atoms with Gasteiger partial charge in [0, 0.05) is 13.0 Å². The van der Waals surface area contributed by atoms with Crippen molar-refractivity contribution in [3.63, 3.8) is 0 Å². The summed E-state index contributed by atoms with van der Waals surface area (Å²) in [6.07, 6.45) is 5.05. The molecular weight excluding hydrogens is 308 g/mol. The monoisotopic (exact) mass is 328 g/mol. The van der Waals surface area contributed by atoms with Crippen molar-refractivity contribution >= 4 is 21.9 Å². The van der Waals surface area contributed by atoms with Gasteiger partial charge in [0.2, 0.25) is 0 Å². The van der Waals surface area contributed by atoms with E-state index in [-0.39, 0.29) is 0 Å². The summed E-state index contributed by atoms with van der Waals surface area (Å²) in [7, 11) is 0. The highest BCUT2D eigenvalue weighted by atomic mass is 79.9. The minimum Gasteiger partial charge on any atom is -0.481 e. The van der Waals surface area contributed by atoms with Crippen LogP contribution in [0.1, 0.15) is 50.9 Å². The first-order chi connectivity index (χ1) is 9.04. The molecule has 0 aliphatic heterocycles. The van der Waals surface area contributed by atoms with Crippen LogP contribution >= 0.6 is 15.9 Å². The Labute approximate surface area is 122 Å². The number of hydrogen-bond acceptors (Lipinski definition) is 2. The number of rotatable bonds is 5. The van der Waals surface area contributed by atoms with Gasteiger partial charge in [0.05, 0.1) is 21.3 Å². The van der Waals surface area contributed by atoms with Crippen LogP contribution in [-0.2, 0) is 24.2 Å². The van der Waals surface area contributed by atoms with Crippen LogP contribution in [-0.4, -0.2) is 20.9 Å². The molecule has 0 radical (unpaired) electrons. The summed E-state index contributed by atoms with van der Waals surface area (Å²) in [5.41, 5.74) is 1.49. The molecule has 0 bridgehead atoms. The second-order valence-corrected chi connectivity index (χ2v) is 6.14. The normalized spacial score (nSPS) is 17.8. The van der Waals surface area contributed by atoms with Gasteiger partial charge in [-0.05, 0) is 42.1 Å². The SMILES string of the molecule is CCc1nn(CC)c(CC2(C(=O)O)CCCC2)c1Br. The summed E-state index contributed by atoms with van der Waals surface area (Å²) < 4.78 is 2.95. The van der Waals surface area contributed by atoms with Crippen molar-refractivity contribution in [2.75, 3.05) is 0 Å². The van der Waals surface area contributed by atoms with Crippen molar-refractivity contribution in [1.82, 2.24) is 9.78 Å². The van der Waals surface area contributed by atoms with Crippen molar-refractivity contribution < 1.29 is 9.90 Å². The van der Waals surface area contributed by atoms with Crippen molar-refractivity contribution in [3.05, 3.63) is 15.9 Å². The van der Waals surface area contributed by atoms with Crippen LogP contribution in [0.3, 0.4) is 0 Å². The van der Waals surface area contributed by atoms with Crippen molar-refractivity contribution in [2.24, 2.45) is 5.41 Å². The third kappa shape index (κ3) is 2.57. The number of aromatic nitrogens is 2. The van der Waals surface area contributed by atoms with Gasteiger partial charge in [-0.15, -0.1) is 0 Å². The Morgan fingerprint density at radius 1 is 1.42 bits per heavy atom. The number of carboxylic acids is 1. The van der Waals surface area contributed by atoms with Crippen LogP contribution in [0.5, 0.6) is 0 Å². The molecule has 1 heterocycles. The highest BCUT2D eigenvalue weighted by Crippen LogP contribution is 2.42. The topological polar surface area (TPSA) is 55.1 Å². The first kappa shape index (κ1) is 14.6. The lowest BCUT2D eigenvalue weighted by Crippen LogP contribution is -2.31. The standard InChI is InChI=1S/C14H21BrN2O2/c1-3-10-12(15)11(17(4-2)16-10)9-14(13(18)19)7-5-6-8-14/h3-9H2,1-2H3,(H,18,19). The van der Waals surface area contributed by atoms with Crippen LogP contribution in [0.15, 0.2) is 4.47 Å². The molecule has 1 N–H and O–H groups in total. The molecular formula is C14H21BrN2O2. The smallest absolute Gasteiger partial charge is 0.310 e. The molecule has 0 unspecified atom stereocenters. The van der Waals surface area contributed by atoms with E-state index in [9.17, 15) is 9.90 Å². The van der Waals surface area contributed by atoms with Crippen LogP contribution in [0.4, 0.5) is 0 Å². The van der Waals surface area contributed by atoms with Crippen LogP contribution in [0.2, 0.25) is 0 Å². The van der Waals surface area contributed by atoms with Gasteiger partial charge in [-0.3, -0.25) is 9.48 Å². The van der Waals surface area contributed by atoms with Gasteiger partial charge in [0.1, 0.15) is 0 Å². The fraction of sp³-hybridized carbons (Fsp3) is 0.714. The molecule has 1 aromatic rings. The van der Waals surface area contributed by atoms with E-state index in [2.05, 4.69) is 28.0 Å². The molecule has 1 aromatic heterocycles.